The van der Waals surface area contributed by atoms with Crippen molar-refractivity contribution in [1.29, 1.82) is 0 Å². The molecule has 4 nitrogen and oxygen atoms in total. The van der Waals surface area contributed by atoms with Gasteiger partial charge in [-0.3, -0.25) is 4.79 Å². The van der Waals surface area contributed by atoms with Gasteiger partial charge in [-0.15, -0.1) is 0 Å². The summed E-state index contributed by atoms with van der Waals surface area (Å²) < 4.78 is 7.15. The Bertz CT molecular complexity index is 887. The highest BCUT2D eigenvalue weighted by atomic mass is 35.5. The third-order valence-electron chi connectivity index (χ3n) is 3.20. The lowest BCUT2D eigenvalue weighted by atomic mass is 10.2. The summed E-state index contributed by atoms with van der Waals surface area (Å²) in [6.07, 6.45) is -0.0101. The van der Waals surface area contributed by atoms with Crippen molar-refractivity contribution in [3.05, 3.63) is 64.2 Å². The van der Waals surface area contributed by atoms with Gasteiger partial charge >= 0.3 is 0 Å². The fourth-order valence-corrected chi connectivity index (χ4v) is 2.57. The molecule has 0 aliphatic rings. The van der Waals surface area contributed by atoms with Crippen LogP contribution in [0.3, 0.4) is 0 Å². The molecule has 3 rings (SSSR count). The van der Waals surface area contributed by atoms with Crippen LogP contribution < -0.4 is 10.3 Å². The van der Waals surface area contributed by atoms with Crippen LogP contribution in [0.25, 0.3) is 16.6 Å². The molecular weight excluding hydrogens is 300 g/mol. The lowest BCUT2D eigenvalue weighted by molar-refractivity contribution is 0.241. The zero-order valence-electron chi connectivity index (χ0n) is 12.3. The second kappa shape index (κ2) is 5.81. The second-order valence-electron chi connectivity index (χ2n) is 5.17. The SMILES string of the molecule is CC(C)Oc1ccccc1-n1c(Cl)nc2ccccc2c1=O. The average molecular weight is 315 g/mol. The summed E-state index contributed by atoms with van der Waals surface area (Å²) in [6, 6.07) is 14.4. The molecule has 1 heterocycles. The highest BCUT2D eigenvalue weighted by Gasteiger charge is 2.15. The Labute approximate surface area is 132 Å². The minimum absolute atomic E-state index is 0.0101. The third kappa shape index (κ3) is 2.57. The van der Waals surface area contributed by atoms with Gasteiger partial charge in [0, 0.05) is 0 Å². The van der Waals surface area contributed by atoms with Crippen LogP contribution in [-0.2, 0) is 0 Å². The standard InChI is InChI=1S/C17H15ClN2O2/c1-11(2)22-15-10-6-5-9-14(15)20-16(21)12-7-3-4-8-13(12)19-17(20)18/h3-11H,1-2H3. The lowest BCUT2D eigenvalue weighted by Crippen LogP contribution is -2.21. The quantitative estimate of drug-likeness (QED) is 0.690. The van der Waals surface area contributed by atoms with Crippen LogP contribution in [0.15, 0.2) is 53.3 Å². The molecule has 0 N–H and O–H groups in total. The molecule has 0 saturated carbocycles. The summed E-state index contributed by atoms with van der Waals surface area (Å²) in [7, 11) is 0. The van der Waals surface area contributed by atoms with Crippen molar-refractivity contribution in [1.82, 2.24) is 9.55 Å². The minimum atomic E-state index is -0.213. The fourth-order valence-electron chi connectivity index (χ4n) is 2.31. The number of benzene rings is 2. The Balaban J connectivity index is 2.29. The summed E-state index contributed by atoms with van der Waals surface area (Å²) >= 11 is 6.25. The number of ether oxygens (including phenoxy) is 1. The number of rotatable bonds is 3. The molecule has 0 fully saturated rings. The first-order valence-corrected chi connectivity index (χ1v) is 7.39. The van der Waals surface area contributed by atoms with Gasteiger partial charge in [0.2, 0.25) is 5.28 Å². The Morgan fingerprint density at radius 1 is 1.09 bits per heavy atom. The topological polar surface area (TPSA) is 44.1 Å². The van der Waals surface area contributed by atoms with Crippen molar-refractivity contribution in [2.75, 3.05) is 0 Å². The predicted octanol–water partition coefficient (Wildman–Crippen LogP) is 3.83. The minimum Gasteiger partial charge on any atom is -0.489 e. The Kier molecular flexibility index (Phi) is 3.86. The molecular formula is C17H15ClN2O2. The first-order chi connectivity index (χ1) is 10.6. The monoisotopic (exact) mass is 314 g/mol. The molecule has 112 valence electrons. The van der Waals surface area contributed by atoms with Crippen LogP contribution in [0.5, 0.6) is 5.75 Å². The number of hydrogen-bond donors (Lipinski definition) is 0. The van der Waals surface area contributed by atoms with Crippen LogP contribution in [0, 0.1) is 0 Å². The van der Waals surface area contributed by atoms with Gasteiger partial charge in [0.05, 0.1) is 22.7 Å². The molecule has 0 radical (unpaired) electrons. The molecule has 0 aliphatic heterocycles. The van der Waals surface area contributed by atoms with E-state index in [1.807, 2.05) is 38.1 Å². The van der Waals surface area contributed by atoms with Crippen LogP contribution >= 0.6 is 11.6 Å². The molecule has 1 aromatic heterocycles. The fraction of sp³-hybridized carbons (Fsp3) is 0.176. The van der Waals surface area contributed by atoms with Crippen LogP contribution in [0.2, 0.25) is 5.28 Å². The van der Waals surface area contributed by atoms with E-state index in [-0.39, 0.29) is 16.9 Å². The van der Waals surface area contributed by atoms with Gasteiger partial charge < -0.3 is 4.74 Å². The maximum Gasteiger partial charge on any atom is 0.267 e. The molecule has 0 aliphatic carbocycles. The smallest absolute Gasteiger partial charge is 0.267 e. The predicted molar refractivity (Wildman–Crippen MR) is 88.1 cm³/mol. The number of hydrogen-bond acceptors (Lipinski definition) is 3. The van der Waals surface area contributed by atoms with Crippen LogP contribution in [-0.4, -0.2) is 15.7 Å². The van der Waals surface area contributed by atoms with E-state index < -0.39 is 0 Å². The zero-order valence-corrected chi connectivity index (χ0v) is 13.0. The Hall–Kier alpha value is -2.33. The zero-order chi connectivity index (χ0) is 15.7. The van der Waals surface area contributed by atoms with E-state index in [1.165, 1.54) is 4.57 Å². The second-order valence-corrected chi connectivity index (χ2v) is 5.51. The van der Waals surface area contributed by atoms with E-state index >= 15 is 0 Å². The van der Waals surface area contributed by atoms with E-state index in [0.717, 1.165) is 0 Å². The number of nitrogens with zero attached hydrogens (tertiary/aromatic N) is 2. The maximum absolute atomic E-state index is 12.8. The summed E-state index contributed by atoms with van der Waals surface area (Å²) in [5, 5.41) is 0.634. The highest BCUT2D eigenvalue weighted by Crippen LogP contribution is 2.25. The average Bonchev–Trinajstić information content (AvgIpc) is 2.48. The van der Waals surface area contributed by atoms with Gasteiger partial charge in [0.25, 0.3) is 5.56 Å². The molecule has 2 aromatic carbocycles. The number of para-hydroxylation sites is 3. The molecule has 0 atom stereocenters. The van der Waals surface area contributed by atoms with Crippen molar-refractivity contribution < 1.29 is 4.74 Å². The van der Waals surface area contributed by atoms with Gasteiger partial charge in [0.15, 0.2) is 0 Å². The van der Waals surface area contributed by atoms with Crippen molar-refractivity contribution in [2.45, 2.75) is 20.0 Å². The number of aromatic nitrogens is 2. The summed E-state index contributed by atoms with van der Waals surface area (Å²) in [5.74, 6) is 0.596. The molecule has 3 aromatic rings. The van der Waals surface area contributed by atoms with Gasteiger partial charge in [0.1, 0.15) is 5.75 Å². The van der Waals surface area contributed by atoms with Gasteiger partial charge in [-0.05, 0) is 49.7 Å². The summed E-state index contributed by atoms with van der Waals surface area (Å²) in [5.41, 5.74) is 0.955. The molecule has 0 spiro atoms. The first kappa shape index (κ1) is 14.6. The maximum atomic E-state index is 12.8. The normalized spacial score (nSPS) is 11.1. The van der Waals surface area contributed by atoms with Crippen LogP contribution in [0.1, 0.15) is 13.8 Å². The molecule has 0 amide bonds. The van der Waals surface area contributed by atoms with Crippen molar-refractivity contribution in [3.8, 4) is 11.4 Å². The Morgan fingerprint density at radius 3 is 2.55 bits per heavy atom. The summed E-state index contributed by atoms with van der Waals surface area (Å²) in [6.45, 7) is 3.86. The molecule has 0 bridgehead atoms. The van der Waals surface area contributed by atoms with Gasteiger partial charge in [-0.1, -0.05) is 24.3 Å². The molecule has 5 heteroatoms. The first-order valence-electron chi connectivity index (χ1n) is 7.01. The third-order valence-corrected chi connectivity index (χ3v) is 3.46. The largest absolute Gasteiger partial charge is 0.489 e. The van der Waals surface area contributed by atoms with E-state index in [4.69, 9.17) is 16.3 Å². The van der Waals surface area contributed by atoms with Gasteiger partial charge in [-0.25, -0.2) is 9.55 Å². The molecule has 0 saturated heterocycles. The van der Waals surface area contributed by atoms with Crippen molar-refractivity contribution >= 4 is 22.5 Å². The molecule has 0 unspecified atom stereocenters. The lowest BCUT2D eigenvalue weighted by Gasteiger charge is -2.16. The van der Waals surface area contributed by atoms with Crippen molar-refractivity contribution in [2.24, 2.45) is 0 Å². The van der Waals surface area contributed by atoms with Gasteiger partial charge in [-0.2, -0.15) is 0 Å². The number of halogens is 1. The van der Waals surface area contributed by atoms with E-state index in [1.54, 1.807) is 24.3 Å². The Morgan fingerprint density at radius 2 is 1.77 bits per heavy atom. The molecule has 22 heavy (non-hydrogen) atoms. The highest BCUT2D eigenvalue weighted by molar-refractivity contribution is 6.29. The van der Waals surface area contributed by atoms with E-state index in [2.05, 4.69) is 4.98 Å². The number of fused-ring (bicyclic) bond motifs is 1. The van der Waals surface area contributed by atoms with E-state index in [0.29, 0.717) is 22.3 Å². The van der Waals surface area contributed by atoms with Crippen molar-refractivity contribution in [3.63, 3.8) is 0 Å². The van der Waals surface area contributed by atoms with Crippen LogP contribution in [0.4, 0.5) is 0 Å². The van der Waals surface area contributed by atoms with E-state index in [9.17, 15) is 4.79 Å². The summed E-state index contributed by atoms with van der Waals surface area (Å²) in [4.78, 5) is 17.1.